The van der Waals surface area contributed by atoms with Crippen LogP contribution in [0.25, 0.3) is 0 Å². The molecule has 0 spiro atoms. The number of hydrogen-bond donors (Lipinski definition) is 2. The topological polar surface area (TPSA) is 64.9 Å². The standard InChI is InChI=1S/C12H21N3O/c13-8-9-14-12(16)10-15-11-6-4-2-1-3-5-7-11/h11,15H,1-7,9-10H2,(H,14,16). The molecule has 16 heavy (non-hydrogen) atoms. The molecule has 0 heterocycles. The lowest BCUT2D eigenvalue weighted by atomic mass is 9.97. The zero-order valence-electron chi connectivity index (χ0n) is 9.80. The van der Waals surface area contributed by atoms with Crippen LogP contribution in [0.1, 0.15) is 44.9 Å². The predicted octanol–water partition coefficient (Wildman–Crippen LogP) is 1.33. The highest BCUT2D eigenvalue weighted by molar-refractivity contribution is 5.78. The molecule has 0 aliphatic heterocycles. The maximum Gasteiger partial charge on any atom is 0.234 e. The van der Waals surface area contributed by atoms with E-state index in [9.17, 15) is 4.79 Å². The van der Waals surface area contributed by atoms with Crippen molar-refractivity contribution >= 4 is 5.91 Å². The Morgan fingerprint density at radius 1 is 1.19 bits per heavy atom. The number of carbonyl (C=O) groups excluding carboxylic acids is 1. The maximum atomic E-state index is 11.3. The second-order valence-corrected chi connectivity index (χ2v) is 4.36. The van der Waals surface area contributed by atoms with Gasteiger partial charge in [0.15, 0.2) is 0 Å². The minimum Gasteiger partial charge on any atom is -0.342 e. The van der Waals surface area contributed by atoms with Crippen molar-refractivity contribution in [3.63, 3.8) is 0 Å². The number of nitrogens with zero attached hydrogens (tertiary/aromatic N) is 1. The van der Waals surface area contributed by atoms with Gasteiger partial charge in [-0.1, -0.05) is 32.1 Å². The first-order chi connectivity index (χ1) is 7.83. The van der Waals surface area contributed by atoms with Gasteiger partial charge in [-0.25, -0.2) is 0 Å². The molecule has 4 heteroatoms. The second kappa shape index (κ2) is 8.12. The molecule has 1 aliphatic rings. The summed E-state index contributed by atoms with van der Waals surface area (Å²) in [5.74, 6) is -0.0800. The summed E-state index contributed by atoms with van der Waals surface area (Å²) >= 11 is 0. The summed E-state index contributed by atoms with van der Waals surface area (Å²) in [4.78, 5) is 11.3. The highest BCUT2D eigenvalue weighted by Crippen LogP contribution is 2.16. The van der Waals surface area contributed by atoms with Gasteiger partial charge >= 0.3 is 0 Å². The van der Waals surface area contributed by atoms with E-state index < -0.39 is 0 Å². The van der Waals surface area contributed by atoms with Crippen LogP contribution in [0.4, 0.5) is 0 Å². The fourth-order valence-corrected chi connectivity index (χ4v) is 2.10. The van der Waals surface area contributed by atoms with Gasteiger partial charge in [0, 0.05) is 6.04 Å². The Hall–Kier alpha value is -1.08. The van der Waals surface area contributed by atoms with Crippen molar-refractivity contribution in [3.05, 3.63) is 0 Å². The number of hydrogen-bond acceptors (Lipinski definition) is 3. The monoisotopic (exact) mass is 223 g/mol. The third-order valence-electron chi connectivity index (χ3n) is 3.02. The Kier molecular flexibility index (Phi) is 6.59. The van der Waals surface area contributed by atoms with Gasteiger partial charge in [-0.05, 0) is 12.8 Å². The Morgan fingerprint density at radius 3 is 2.44 bits per heavy atom. The van der Waals surface area contributed by atoms with Crippen LogP contribution in [-0.4, -0.2) is 25.0 Å². The van der Waals surface area contributed by atoms with E-state index in [4.69, 9.17) is 5.26 Å². The quantitative estimate of drug-likeness (QED) is 0.707. The minimum atomic E-state index is -0.0800. The lowest BCUT2D eigenvalue weighted by Gasteiger charge is -2.20. The van der Waals surface area contributed by atoms with Gasteiger partial charge in [-0.2, -0.15) is 5.26 Å². The maximum absolute atomic E-state index is 11.3. The van der Waals surface area contributed by atoms with Gasteiger partial charge < -0.3 is 10.6 Å². The molecule has 0 bridgehead atoms. The Balaban J connectivity index is 2.14. The average Bonchev–Trinajstić information content (AvgIpc) is 2.25. The van der Waals surface area contributed by atoms with Crippen LogP contribution in [-0.2, 0) is 4.79 Å². The van der Waals surface area contributed by atoms with Crippen molar-refractivity contribution in [2.45, 2.75) is 51.0 Å². The highest BCUT2D eigenvalue weighted by Gasteiger charge is 2.11. The Bertz CT molecular complexity index is 239. The van der Waals surface area contributed by atoms with Gasteiger partial charge in [0.1, 0.15) is 6.54 Å². The van der Waals surface area contributed by atoms with Crippen molar-refractivity contribution < 1.29 is 4.79 Å². The van der Waals surface area contributed by atoms with E-state index in [0.29, 0.717) is 12.6 Å². The molecule has 1 amide bonds. The number of amides is 1. The molecule has 0 unspecified atom stereocenters. The van der Waals surface area contributed by atoms with Crippen LogP contribution in [0.15, 0.2) is 0 Å². The molecular weight excluding hydrogens is 202 g/mol. The molecule has 0 radical (unpaired) electrons. The molecular formula is C12H21N3O. The van der Waals surface area contributed by atoms with Crippen molar-refractivity contribution in [2.75, 3.05) is 13.1 Å². The smallest absolute Gasteiger partial charge is 0.234 e. The van der Waals surface area contributed by atoms with Crippen LogP contribution < -0.4 is 10.6 Å². The molecule has 1 saturated carbocycles. The molecule has 1 rings (SSSR count). The summed E-state index contributed by atoms with van der Waals surface area (Å²) in [5, 5.41) is 14.1. The first-order valence-corrected chi connectivity index (χ1v) is 6.20. The van der Waals surface area contributed by atoms with E-state index in [1.807, 2.05) is 6.07 Å². The number of carbonyl (C=O) groups is 1. The van der Waals surface area contributed by atoms with E-state index in [1.165, 1.54) is 44.9 Å². The fraction of sp³-hybridized carbons (Fsp3) is 0.833. The highest BCUT2D eigenvalue weighted by atomic mass is 16.1. The van der Waals surface area contributed by atoms with E-state index in [-0.39, 0.29) is 12.5 Å². The lowest BCUT2D eigenvalue weighted by Crippen LogP contribution is -2.39. The first kappa shape index (κ1) is 13.0. The second-order valence-electron chi connectivity index (χ2n) is 4.36. The summed E-state index contributed by atoms with van der Waals surface area (Å²) in [6.45, 7) is 0.442. The third-order valence-corrected chi connectivity index (χ3v) is 3.02. The van der Waals surface area contributed by atoms with Crippen LogP contribution in [0, 0.1) is 11.3 Å². The van der Waals surface area contributed by atoms with Gasteiger partial charge in [-0.15, -0.1) is 0 Å². The largest absolute Gasteiger partial charge is 0.342 e. The molecule has 4 nitrogen and oxygen atoms in total. The summed E-state index contributed by atoms with van der Waals surface area (Å²) < 4.78 is 0. The number of nitriles is 1. The predicted molar refractivity (Wildman–Crippen MR) is 62.7 cm³/mol. The molecule has 0 atom stereocenters. The Morgan fingerprint density at radius 2 is 1.81 bits per heavy atom. The van der Waals surface area contributed by atoms with Gasteiger partial charge in [0.2, 0.25) is 5.91 Å². The third kappa shape index (κ3) is 5.72. The molecule has 1 fully saturated rings. The fourth-order valence-electron chi connectivity index (χ4n) is 2.10. The summed E-state index contributed by atoms with van der Waals surface area (Å²) in [6.07, 6.45) is 8.86. The molecule has 0 aromatic heterocycles. The number of nitrogens with one attached hydrogen (secondary N) is 2. The SMILES string of the molecule is N#CCNC(=O)CNC1CCCCCCC1. The molecule has 0 aromatic rings. The van der Waals surface area contributed by atoms with Crippen molar-refractivity contribution in [3.8, 4) is 6.07 Å². The van der Waals surface area contributed by atoms with Crippen molar-refractivity contribution in [2.24, 2.45) is 0 Å². The van der Waals surface area contributed by atoms with Crippen molar-refractivity contribution in [1.29, 1.82) is 5.26 Å². The normalized spacial score (nSPS) is 18.2. The molecule has 2 N–H and O–H groups in total. The minimum absolute atomic E-state index is 0.0800. The zero-order valence-corrected chi connectivity index (χ0v) is 9.80. The molecule has 0 aromatic carbocycles. The summed E-state index contributed by atoms with van der Waals surface area (Å²) in [7, 11) is 0. The van der Waals surface area contributed by atoms with Crippen LogP contribution in [0.5, 0.6) is 0 Å². The van der Waals surface area contributed by atoms with Crippen molar-refractivity contribution in [1.82, 2.24) is 10.6 Å². The van der Waals surface area contributed by atoms with E-state index in [0.717, 1.165) is 0 Å². The van der Waals surface area contributed by atoms with Crippen LogP contribution in [0.2, 0.25) is 0 Å². The molecule has 1 aliphatic carbocycles. The van der Waals surface area contributed by atoms with E-state index in [2.05, 4.69) is 10.6 Å². The van der Waals surface area contributed by atoms with Gasteiger partial charge in [-0.3, -0.25) is 4.79 Å². The summed E-state index contributed by atoms with van der Waals surface area (Å²) in [5.41, 5.74) is 0. The Labute approximate surface area is 97.4 Å². The lowest BCUT2D eigenvalue weighted by molar-refractivity contribution is -0.120. The van der Waals surface area contributed by atoms with Crippen LogP contribution >= 0.6 is 0 Å². The first-order valence-electron chi connectivity index (χ1n) is 6.20. The van der Waals surface area contributed by atoms with Gasteiger partial charge in [0.25, 0.3) is 0 Å². The van der Waals surface area contributed by atoms with Gasteiger partial charge in [0.05, 0.1) is 12.6 Å². The number of rotatable bonds is 4. The van der Waals surface area contributed by atoms with E-state index >= 15 is 0 Å². The van der Waals surface area contributed by atoms with Crippen LogP contribution in [0.3, 0.4) is 0 Å². The summed E-state index contributed by atoms with van der Waals surface area (Å²) in [6, 6.07) is 2.37. The average molecular weight is 223 g/mol. The van der Waals surface area contributed by atoms with E-state index in [1.54, 1.807) is 0 Å². The molecule has 90 valence electrons. The molecule has 0 saturated heterocycles. The zero-order chi connectivity index (χ0) is 11.6.